The lowest BCUT2D eigenvalue weighted by molar-refractivity contribution is 1.29. The standard InChI is InChI=1S/C17H12S/c1-3-7-14-13(6-1)11-17-15(14)10-9-12-5-2-4-8-16(12)18-17/h1-10H,11H2. The second kappa shape index (κ2) is 3.89. The summed E-state index contributed by atoms with van der Waals surface area (Å²) in [5, 5.41) is 0. The van der Waals surface area contributed by atoms with Crippen LogP contribution in [0.4, 0.5) is 0 Å². The van der Waals surface area contributed by atoms with E-state index in [1.807, 2.05) is 11.8 Å². The lowest BCUT2D eigenvalue weighted by atomic mass is 10.0. The van der Waals surface area contributed by atoms with Crippen molar-refractivity contribution in [1.29, 1.82) is 0 Å². The molecule has 1 heteroatoms. The van der Waals surface area contributed by atoms with Gasteiger partial charge in [-0.1, -0.05) is 66.4 Å². The zero-order valence-corrected chi connectivity index (χ0v) is 10.7. The van der Waals surface area contributed by atoms with Crippen LogP contribution in [-0.2, 0) is 6.42 Å². The van der Waals surface area contributed by atoms with Gasteiger partial charge in [-0.2, -0.15) is 0 Å². The molecule has 2 aromatic carbocycles. The fraction of sp³-hybridized carbons (Fsp3) is 0.0588. The Labute approximate surface area is 111 Å². The maximum absolute atomic E-state index is 2.28. The monoisotopic (exact) mass is 248 g/mol. The second-order valence-electron chi connectivity index (χ2n) is 4.64. The minimum Gasteiger partial charge on any atom is -0.0929 e. The Morgan fingerprint density at radius 1 is 0.833 bits per heavy atom. The summed E-state index contributed by atoms with van der Waals surface area (Å²) < 4.78 is 0. The van der Waals surface area contributed by atoms with E-state index in [1.165, 1.54) is 32.1 Å². The highest BCUT2D eigenvalue weighted by molar-refractivity contribution is 8.03. The molecular formula is C17H12S. The minimum absolute atomic E-state index is 1.08. The lowest BCUT2D eigenvalue weighted by Crippen LogP contribution is -1.83. The number of benzene rings is 2. The van der Waals surface area contributed by atoms with Crippen LogP contribution in [0.3, 0.4) is 0 Å². The van der Waals surface area contributed by atoms with Crippen LogP contribution in [0.1, 0.15) is 16.7 Å². The van der Waals surface area contributed by atoms with Crippen LogP contribution in [0.15, 0.2) is 64.4 Å². The topological polar surface area (TPSA) is 0 Å². The van der Waals surface area contributed by atoms with Crippen molar-refractivity contribution in [3.63, 3.8) is 0 Å². The quantitative estimate of drug-likeness (QED) is 0.647. The maximum atomic E-state index is 2.28. The number of hydrogen-bond donors (Lipinski definition) is 0. The van der Waals surface area contributed by atoms with Gasteiger partial charge in [0.05, 0.1) is 0 Å². The van der Waals surface area contributed by atoms with Crippen LogP contribution in [-0.4, -0.2) is 0 Å². The summed E-state index contributed by atoms with van der Waals surface area (Å²) in [5.74, 6) is 0. The van der Waals surface area contributed by atoms with Gasteiger partial charge < -0.3 is 0 Å². The molecule has 0 unspecified atom stereocenters. The van der Waals surface area contributed by atoms with Crippen LogP contribution in [0.5, 0.6) is 0 Å². The zero-order valence-electron chi connectivity index (χ0n) is 9.89. The highest BCUT2D eigenvalue weighted by atomic mass is 32.2. The van der Waals surface area contributed by atoms with E-state index < -0.39 is 0 Å². The third-order valence-corrected chi connectivity index (χ3v) is 4.74. The van der Waals surface area contributed by atoms with Crippen molar-refractivity contribution in [2.45, 2.75) is 11.3 Å². The summed E-state index contributed by atoms with van der Waals surface area (Å²) in [6.07, 6.45) is 5.60. The maximum Gasteiger partial charge on any atom is 0.0191 e. The van der Waals surface area contributed by atoms with E-state index in [9.17, 15) is 0 Å². The van der Waals surface area contributed by atoms with E-state index >= 15 is 0 Å². The summed E-state index contributed by atoms with van der Waals surface area (Å²) in [6, 6.07) is 17.4. The molecule has 0 saturated carbocycles. The molecule has 1 aliphatic carbocycles. The molecular weight excluding hydrogens is 236 g/mol. The fourth-order valence-electron chi connectivity index (χ4n) is 2.65. The molecule has 0 aromatic heterocycles. The molecule has 0 bridgehead atoms. The molecule has 0 saturated heterocycles. The van der Waals surface area contributed by atoms with Crippen molar-refractivity contribution in [3.05, 3.63) is 76.2 Å². The highest BCUT2D eigenvalue weighted by Crippen LogP contribution is 2.45. The van der Waals surface area contributed by atoms with E-state index in [-0.39, 0.29) is 0 Å². The number of thioether (sulfide) groups is 1. The molecule has 0 amide bonds. The first-order chi connectivity index (χ1) is 8.92. The molecule has 2 aliphatic rings. The Hall–Kier alpha value is -1.73. The summed E-state index contributed by atoms with van der Waals surface area (Å²) in [4.78, 5) is 2.85. The van der Waals surface area contributed by atoms with Crippen LogP contribution in [0.25, 0.3) is 11.6 Å². The molecule has 1 aliphatic heterocycles. The Bertz CT molecular complexity index is 692. The molecule has 1 heterocycles. The predicted molar refractivity (Wildman–Crippen MR) is 78.4 cm³/mol. The first kappa shape index (κ1) is 10.2. The molecule has 0 spiro atoms. The van der Waals surface area contributed by atoms with E-state index in [0.717, 1.165) is 6.42 Å². The van der Waals surface area contributed by atoms with Gasteiger partial charge in [-0.15, -0.1) is 0 Å². The van der Waals surface area contributed by atoms with Crippen molar-refractivity contribution in [2.24, 2.45) is 0 Å². The largest absolute Gasteiger partial charge is 0.0929 e. The van der Waals surface area contributed by atoms with Crippen molar-refractivity contribution in [1.82, 2.24) is 0 Å². The molecule has 0 N–H and O–H groups in total. The van der Waals surface area contributed by atoms with Gasteiger partial charge in [-0.25, -0.2) is 0 Å². The second-order valence-corrected chi connectivity index (χ2v) is 5.78. The smallest absolute Gasteiger partial charge is 0.0191 e. The average molecular weight is 248 g/mol. The van der Waals surface area contributed by atoms with E-state index in [1.54, 1.807) is 0 Å². The predicted octanol–water partition coefficient (Wildman–Crippen LogP) is 4.77. The third-order valence-electron chi connectivity index (χ3n) is 3.54. The molecule has 86 valence electrons. The van der Waals surface area contributed by atoms with E-state index in [4.69, 9.17) is 0 Å². The van der Waals surface area contributed by atoms with Gasteiger partial charge in [0.2, 0.25) is 0 Å². The van der Waals surface area contributed by atoms with Crippen LogP contribution in [0, 0.1) is 0 Å². The summed E-state index contributed by atoms with van der Waals surface area (Å²) in [6.45, 7) is 0. The number of rotatable bonds is 0. The number of hydrogen-bond acceptors (Lipinski definition) is 1. The fourth-order valence-corrected chi connectivity index (χ4v) is 3.83. The molecule has 0 nitrogen and oxygen atoms in total. The zero-order chi connectivity index (χ0) is 11.9. The van der Waals surface area contributed by atoms with Crippen molar-refractivity contribution in [2.75, 3.05) is 0 Å². The average Bonchev–Trinajstić information content (AvgIpc) is 2.65. The molecule has 0 fully saturated rings. The van der Waals surface area contributed by atoms with Gasteiger partial charge >= 0.3 is 0 Å². The summed E-state index contributed by atoms with van der Waals surface area (Å²) in [7, 11) is 0. The molecule has 0 atom stereocenters. The number of allylic oxidation sites excluding steroid dienone is 3. The molecule has 18 heavy (non-hydrogen) atoms. The Kier molecular flexibility index (Phi) is 2.21. The van der Waals surface area contributed by atoms with Gasteiger partial charge in [0.25, 0.3) is 0 Å². The van der Waals surface area contributed by atoms with Crippen molar-refractivity contribution < 1.29 is 0 Å². The van der Waals surface area contributed by atoms with Gasteiger partial charge in [0.1, 0.15) is 0 Å². The summed E-state index contributed by atoms with van der Waals surface area (Å²) in [5.41, 5.74) is 5.60. The normalized spacial score (nSPS) is 16.0. The Morgan fingerprint density at radius 2 is 1.67 bits per heavy atom. The first-order valence-corrected chi connectivity index (χ1v) is 7.00. The van der Waals surface area contributed by atoms with Gasteiger partial charge in [0.15, 0.2) is 0 Å². The number of fused-ring (bicyclic) bond motifs is 3. The Morgan fingerprint density at radius 3 is 2.67 bits per heavy atom. The molecule has 4 rings (SSSR count). The first-order valence-electron chi connectivity index (χ1n) is 6.18. The lowest BCUT2D eigenvalue weighted by Gasteiger charge is -2.04. The van der Waals surface area contributed by atoms with Gasteiger partial charge in [-0.05, 0) is 28.3 Å². The minimum atomic E-state index is 1.08. The molecule has 2 aromatic rings. The van der Waals surface area contributed by atoms with Gasteiger partial charge in [-0.3, -0.25) is 0 Å². The molecule has 0 radical (unpaired) electrons. The van der Waals surface area contributed by atoms with Crippen LogP contribution in [0.2, 0.25) is 0 Å². The summed E-state index contributed by atoms with van der Waals surface area (Å²) >= 11 is 1.92. The third kappa shape index (κ3) is 1.48. The van der Waals surface area contributed by atoms with Crippen LogP contribution < -0.4 is 0 Å². The van der Waals surface area contributed by atoms with Gasteiger partial charge in [0, 0.05) is 16.2 Å². The van der Waals surface area contributed by atoms with Crippen LogP contribution >= 0.6 is 11.8 Å². The van der Waals surface area contributed by atoms with E-state index in [0.29, 0.717) is 0 Å². The highest BCUT2D eigenvalue weighted by Gasteiger charge is 2.22. The van der Waals surface area contributed by atoms with E-state index in [2.05, 4.69) is 60.7 Å². The SMILES string of the molecule is C1=Cc2ccccc2SC2=C1c1ccccc1C2. The Balaban J connectivity index is 1.87. The van der Waals surface area contributed by atoms with Crippen molar-refractivity contribution in [3.8, 4) is 0 Å². The van der Waals surface area contributed by atoms with Crippen molar-refractivity contribution >= 4 is 23.4 Å².